The van der Waals surface area contributed by atoms with Crippen molar-refractivity contribution in [3.05, 3.63) is 51.7 Å². The van der Waals surface area contributed by atoms with Gasteiger partial charge in [-0.1, -0.05) is 12.1 Å². The van der Waals surface area contributed by atoms with Gasteiger partial charge in [0.2, 0.25) is 0 Å². The highest BCUT2D eigenvalue weighted by Crippen LogP contribution is 2.23. The lowest BCUT2D eigenvalue weighted by atomic mass is 10.1. The van der Waals surface area contributed by atoms with E-state index in [0.717, 1.165) is 63.6 Å². The highest BCUT2D eigenvalue weighted by atomic mass is 127. The largest absolute Gasteiger partial charge is 0.357 e. The van der Waals surface area contributed by atoms with Gasteiger partial charge < -0.3 is 10.6 Å². The van der Waals surface area contributed by atoms with Gasteiger partial charge in [0.15, 0.2) is 15.8 Å². The molecular formula is C21H31IN4O2S2. The number of rotatable bonds is 8. The number of benzene rings is 1. The molecule has 2 heterocycles. The molecule has 2 aromatic rings. The van der Waals surface area contributed by atoms with E-state index in [1.807, 2.05) is 23.5 Å². The number of aliphatic imine (C=N–C) groups is 1. The molecule has 0 aliphatic carbocycles. The summed E-state index contributed by atoms with van der Waals surface area (Å²) in [5, 5.41) is 8.85. The Morgan fingerprint density at radius 1 is 1.20 bits per heavy atom. The third-order valence-electron chi connectivity index (χ3n) is 4.97. The van der Waals surface area contributed by atoms with Gasteiger partial charge in [0.25, 0.3) is 0 Å². The van der Waals surface area contributed by atoms with Crippen LogP contribution in [-0.4, -0.2) is 58.3 Å². The summed E-state index contributed by atoms with van der Waals surface area (Å²) in [4.78, 5) is 9.06. The summed E-state index contributed by atoms with van der Waals surface area (Å²) < 4.78 is 23.1. The van der Waals surface area contributed by atoms with Gasteiger partial charge in [-0.15, -0.1) is 35.3 Å². The number of nitrogens with zero attached hydrogens (tertiary/aromatic N) is 2. The number of fused-ring (bicyclic) bond motifs is 1. The van der Waals surface area contributed by atoms with Crippen molar-refractivity contribution in [3.63, 3.8) is 0 Å². The Morgan fingerprint density at radius 2 is 1.97 bits per heavy atom. The maximum absolute atomic E-state index is 11.5. The van der Waals surface area contributed by atoms with E-state index in [1.165, 1.54) is 16.7 Å². The molecule has 0 spiro atoms. The van der Waals surface area contributed by atoms with Crippen molar-refractivity contribution in [2.45, 2.75) is 31.2 Å². The Labute approximate surface area is 201 Å². The Hall–Kier alpha value is -1.17. The van der Waals surface area contributed by atoms with E-state index >= 15 is 0 Å². The van der Waals surface area contributed by atoms with E-state index in [2.05, 4.69) is 33.9 Å². The number of hydrogen-bond acceptors (Lipinski definition) is 5. The summed E-state index contributed by atoms with van der Waals surface area (Å²) in [5.41, 5.74) is 2.57. The van der Waals surface area contributed by atoms with Gasteiger partial charge in [-0.05, 0) is 54.5 Å². The average Bonchev–Trinajstić information content (AvgIpc) is 3.15. The fourth-order valence-corrected chi connectivity index (χ4v) is 4.89. The molecule has 6 nitrogen and oxygen atoms in total. The minimum atomic E-state index is -3.14. The number of sulfone groups is 1. The van der Waals surface area contributed by atoms with E-state index in [-0.39, 0.29) is 24.0 Å². The lowest BCUT2D eigenvalue weighted by Crippen LogP contribution is -2.39. The van der Waals surface area contributed by atoms with Crippen LogP contribution in [0.4, 0.5) is 0 Å². The first-order valence-corrected chi connectivity index (χ1v) is 12.8. The lowest BCUT2D eigenvalue weighted by molar-refractivity contribution is 0.263. The summed E-state index contributed by atoms with van der Waals surface area (Å²) in [5.74, 6) is 0.827. The molecular weight excluding hydrogens is 531 g/mol. The zero-order valence-corrected chi connectivity index (χ0v) is 21.5. The molecule has 3 rings (SSSR count). The highest BCUT2D eigenvalue weighted by molar-refractivity contribution is 14.0. The molecule has 9 heteroatoms. The van der Waals surface area contributed by atoms with Gasteiger partial charge in [0.1, 0.15) is 0 Å². The van der Waals surface area contributed by atoms with Gasteiger partial charge >= 0.3 is 0 Å². The molecule has 0 saturated heterocycles. The summed E-state index contributed by atoms with van der Waals surface area (Å²) in [6.07, 6.45) is 3.18. The van der Waals surface area contributed by atoms with E-state index in [1.54, 1.807) is 12.1 Å². The van der Waals surface area contributed by atoms with Crippen LogP contribution in [0.1, 0.15) is 22.9 Å². The van der Waals surface area contributed by atoms with Crippen LogP contribution in [0.15, 0.2) is 45.6 Å². The summed E-state index contributed by atoms with van der Waals surface area (Å²) >= 11 is 1.87. The van der Waals surface area contributed by atoms with Crippen LogP contribution in [0, 0.1) is 0 Å². The van der Waals surface area contributed by atoms with Crippen LogP contribution in [0.25, 0.3) is 0 Å². The second kappa shape index (κ2) is 12.0. The van der Waals surface area contributed by atoms with Crippen molar-refractivity contribution in [3.8, 4) is 0 Å². The average molecular weight is 563 g/mol. The zero-order chi connectivity index (χ0) is 20.7. The second-order valence-corrected chi connectivity index (χ2v) is 10.3. The molecule has 0 unspecified atom stereocenters. The first-order chi connectivity index (χ1) is 14.0. The monoisotopic (exact) mass is 562 g/mol. The Morgan fingerprint density at radius 3 is 2.67 bits per heavy atom. The van der Waals surface area contributed by atoms with Crippen LogP contribution in [0.5, 0.6) is 0 Å². The zero-order valence-electron chi connectivity index (χ0n) is 17.6. The topological polar surface area (TPSA) is 73.8 Å². The van der Waals surface area contributed by atoms with Crippen molar-refractivity contribution >= 4 is 51.1 Å². The van der Waals surface area contributed by atoms with E-state index < -0.39 is 9.84 Å². The third kappa shape index (κ3) is 7.51. The van der Waals surface area contributed by atoms with Gasteiger partial charge in [-0.2, -0.15) is 0 Å². The molecule has 0 saturated carbocycles. The van der Waals surface area contributed by atoms with Crippen molar-refractivity contribution in [1.29, 1.82) is 0 Å². The van der Waals surface area contributed by atoms with Crippen molar-refractivity contribution < 1.29 is 8.42 Å². The van der Waals surface area contributed by atoms with Crippen molar-refractivity contribution in [1.82, 2.24) is 15.5 Å². The molecule has 2 N–H and O–H groups in total. The molecule has 1 aliphatic heterocycles. The summed E-state index contributed by atoms with van der Waals surface area (Å²) in [6.45, 7) is 7.47. The quantitative estimate of drug-likeness (QED) is 0.294. The minimum Gasteiger partial charge on any atom is -0.357 e. The van der Waals surface area contributed by atoms with E-state index in [9.17, 15) is 8.42 Å². The molecule has 0 atom stereocenters. The fourth-order valence-electron chi connectivity index (χ4n) is 3.37. The number of thiophene rings is 1. The molecule has 1 aromatic heterocycles. The molecule has 0 radical (unpaired) electrons. The van der Waals surface area contributed by atoms with Crippen LogP contribution in [-0.2, 0) is 29.2 Å². The molecule has 166 valence electrons. The fraction of sp³-hybridized carbons (Fsp3) is 0.476. The second-order valence-electron chi connectivity index (χ2n) is 7.25. The smallest absolute Gasteiger partial charge is 0.191 e. The molecule has 1 aliphatic rings. The lowest BCUT2D eigenvalue weighted by Gasteiger charge is -2.26. The van der Waals surface area contributed by atoms with Crippen LogP contribution < -0.4 is 10.6 Å². The maximum atomic E-state index is 11.5. The van der Waals surface area contributed by atoms with Crippen molar-refractivity contribution in [2.75, 3.05) is 39.0 Å². The predicted molar refractivity (Wildman–Crippen MR) is 136 cm³/mol. The Balaban J connectivity index is 0.00000320. The first kappa shape index (κ1) is 25.1. The molecule has 0 amide bonds. The SMILES string of the molecule is CCNC(=NCCN1CCc2sccc2C1)NCCc1ccc(S(C)(=O)=O)cc1.I. The van der Waals surface area contributed by atoms with E-state index in [0.29, 0.717) is 4.90 Å². The maximum Gasteiger partial charge on any atom is 0.191 e. The molecule has 1 aromatic carbocycles. The van der Waals surface area contributed by atoms with Gasteiger partial charge in [-0.25, -0.2) is 8.42 Å². The molecule has 30 heavy (non-hydrogen) atoms. The highest BCUT2D eigenvalue weighted by Gasteiger charge is 2.16. The van der Waals surface area contributed by atoms with Gasteiger partial charge in [0, 0.05) is 43.9 Å². The molecule has 0 fully saturated rings. The van der Waals surface area contributed by atoms with Crippen molar-refractivity contribution in [2.24, 2.45) is 4.99 Å². The standard InChI is InChI=1S/C21H30N4O2S2.HI/c1-3-22-21(23-11-8-17-4-6-19(7-5-17)29(2,26)27)24-12-14-25-13-9-20-18(16-25)10-15-28-20;/h4-7,10,15H,3,8-9,11-14,16H2,1-2H3,(H2,22,23,24);1H. The number of halogens is 1. The van der Waals surface area contributed by atoms with Crippen LogP contribution >= 0.6 is 35.3 Å². The number of hydrogen-bond donors (Lipinski definition) is 2. The number of guanidine groups is 1. The van der Waals surface area contributed by atoms with Crippen LogP contribution in [0.2, 0.25) is 0 Å². The van der Waals surface area contributed by atoms with Gasteiger partial charge in [0.05, 0.1) is 11.4 Å². The predicted octanol–water partition coefficient (Wildman–Crippen LogP) is 2.93. The van der Waals surface area contributed by atoms with Crippen LogP contribution in [0.3, 0.4) is 0 Å². The Bertz CT molecular complexity index is 927. The Kier molecular flexibility index (Phi) is 10.1. The van der Waals surface area contributed by atoms with E-state index in [4.69, 9.17) is 4.99 Å². The summed E-state index contributed by atoms with van der Waals surface area (Å²) in [6, 6.07) is 9.32. The van der Waals surface area contributed by atoms with Gasteiger partial charge in [-0.3, -0.25) is 9.89 Å². The third-order valence-corrected chi connectivity index (χ3v) is 7.13. The normalized spacial score (nSPS) is 14.7. The summed E-state index contributed by atoms with van der Waals surface area (Å²) in [7, 11) is -3.14. The molecule has 0 bridgehead atoms. The first-order valence-electron chi connectivity index (χ1n) is 10.0. The number of nitrogens with one attached hydrogen (secondary N) is 2. The minimum absolute atomic E-state index is 0.